The molecular weight excluding hydrogens is 378 g/mol. The summed E-state index contributed by atoms with van der Waals surface area (Å²) in [6, 6.07) is 14.4. The van der Waals surface area contributed by atoms with E-state index in [9.17, 15) is 9.59 Å². The first-order chi connectivity index (χ1) is 13.7. The van der Waals surface area contributed by atoms with Crippen LogP contribution < -0.4 is 10.1 Å². The molecule has 2 heterocycles. The van der Waals surface area contributed by atoms with E-state index in [1.54, 1.807) is 29.2 Å². The lowest BCUT2D eigenvalue weighted by molar-refractivity contribution is -0.137. The Labute approximate surface area is 165 Å². The van der Waals surface area contributed by atoms with Crippen molar-refractivity contribution in [1.82, 2.24) is 9.88 Å². The van der Waals surface area contributed by atoms with Crippen LogP contribution in [0, 0.1) is 0 Å². The largest absolute Gasteiger partial charge is 0.484 e. The quantitative estimate of drug-likeness (QED) is 0.716. The lowest BCUT2D eigenvalue weighted by Gasteiger charge is -2.26. The molecule has 0 radical (unpaired) electrons. The zero-order chi connectivity index (χ0) is 19.3. The number of aromatic nitrogens is 1. The lowest BCUT2D eigenvalue weighted by Crippen LogP contribution is -2.42. The zero-order valence-electron chi connectivity index (χ0n) is 15.1. The number of ether oxygens (including phenoxy) is 2. The van der Waals surface area contributed by atoms with Gasteiger partial charge < -0.3 is 14.4 Å². The van der Waals surface area contributed by atoms with E-state index in [0.717, 1.165) is 10.2 Å². The van der Waals surface area contributed by atoms with Crippen molar-refractivity contribution in [2.24, 2.45) is 0 Å². The maximum Gasteiger partial charge on any atom is 0.260 e. The molecular formula is C20H19N3O4S. The minimum Gasteiger partial charge on any atom is -0.484 e. The molecule has 1 N–H and O–H groups in total. The van der Waals surface area contributed by atoms with Crippen molar-refractivity contribution >= 4 is 38.5 Å². The van der Waals surface area contributed by atoms with Crippen molar-refractivity contribution in [3.8, 4) is 5.75 Å². The number of fused-ring (bicyclic) bond motifs is 1. The van der Waals surface area contributed by atoms with Gasteiger partial charge in [0.1, 0.15) is 5.75 Å². The van der Waals surface area contributed by atoms with Gasteiger partial charge >= 0.3 is 0 Å². The second-order valence-corrected chi connectivity index (χ2v) is 7.28. The molecule has 0 aliphatic carbocycles. The number of para-hydroxylation sites is 1. The van der Waals surface area contributed by atoms with Gasteiger partial charge in [0.25, 0.3) is 11.8 Å². The number of carbonyl (C=O) groups excluding carboxylic acids is 2. The molecule has 4 rings (SSSR count). The minimum atomic E-state index is -0.241. The third kappa shape index (κ3) is 4.29. The van der Waals surface area contributed by atoms with Crippen molar-refractivity contribution in [1.29, 1.82) is 0 Å². The fourth-order valence-electron chi connectivity index (χ4n) is 2.85. The molecule has 2 amide bonds. The first kappa shape index (κ1) is 18.4. The van der Waals surface area contributed by atoms with Crippen LogP contribution in [-0.2, 0) is 9.53 Å². The van der Waals surface area contributed by atoms with E-state index in [1.807, 2.05) is 24.3 Å². The summed E-state index contributed by atoms with van der Waals surface area (Å²) in [7, 11) is 0. The number of rotatable bonds is 5. The third-order valence-electron chi connectivity index (χ3n) is 4.36. The van der Waals surface area contributed by atoms with Gasteiger partial charge in [-0.05, 0) is 36.4 Å². The molecule has 0 unspecified atom stereocenters. The zero-order valence-corrected chi connectivity index (χ0v) is 15.9. The van der Waals surface area contributed by atoms with E-state index in [1.165, 1.54) is 11.3 Å². The van der Waals surface area contributed by atoms with Crippen LogP contribution in [-0.4, -0.2) is 54.6 Å². The highest BCUT2D eigenvalue weighted by molar-refractivity contribution is 7.22. The Morgan fingerprint density at radius 3 is 2.61 bits per heavy atom. The van der Waals surface area contributed by atoms with Crippen LogP contribution in [0.3, 0.4) is 0 Å². The number of morpholine rings is 1. The number of carbonyl (C=O) groups is 2. The van der Waals surface area contributed by atoms with Crippen LogP contribution in [0.15, 0.2) is 48.5 Å². The molecule has 1 saturated heterocycles. The minimum absolute atomic E-state index is 0.0305. The van der Waals surface area contributed by atoms with E-state index >= 15 is 0 Å². The molecule has 28 heavy (non-hydrogen) atoms. The average Bonchev–Trinajstić information content (AvgIpc) is 3.15. The van der Waals surface area contributed by atoms with Gasteiger partial charge in [0.05, 0.1) is 23.4 Å². The summed E-state index contributed by atoms with van der Waals surface area (Å²) in [5.74, 6) is 0.231. The predicted molar refractivity (Wildman–Crippen MR) is 107 cm³/mol. The van der Waals surface area contributed by atoms with Crippen LogP contribution in [0.2, 0.25) is 0 Å². The molecule has 7 nitrogen and oxygen atoms in total. The number of anilines is 1. The number of nitrogens with one attached hydrogen (secondary N) is 1. The molecule has 1 fully saturated rings. The molecule has 144 valence electrons. The Morgan fingerprint density at radius 1 is 1.11 bits per heavy atom. The van der Waals surface area contributed by atoms with Crippen molar-refractivity contribution in [3.63, 3.8) is 0 Å². The smallest absolute Gasteiger partial charge is 0.260 e. The molecule has 0 spiro atoms. The molecule has 0 saturated carbocycles. The van der Waals surface area contributed by atoms with Gasteiger partial charge in [0.2, 0.25) is 0 Å². The Hall–Kier alpha value is -2.97. The van der Waals surface area contributed by atoms with Gasteiger partial charge in [-0.25, -0.2) is 4.98 Å². The van der Waals surface area contributed by atoms with Gasteiger partial charge in [-0.15, -0.1) is 0 Å². The normalized spacial score (nSPS) is 14.1. The van der Waals surface area contributed by atoms with Crippen LogP contribution in [0.4, 0.5) is 5.13 Å². The SMILES string of the molecule is O=C(Nc1nc2ccccc2s1)c1ccc(OCC(=O)N2CCOCC2)cc1. The number of amides is 2. The van der Waals surface area contributed by atoms with Gasteiger partial charge in [-0.2, -0.15) is 0 Å². The van der Waals surface area contributed by atoms with Crippen LogP contribution in [0.5, 0.6) is 5.75 Å². The average molecular weight is 397 g/mol. The van der Waals surface area contributed by atoms with E-state index in [-0.39, 0.29) is 18.4 Å². The Morgan fingerprint density at radius 2 is 1.86 bits per heavy atom. The van der Waals surface area contributed by atoms with Crippen LogP contribution >= 0.6 is 11.3 Å². The molecule has 2 aromatic carbocycles. The van der Waals surface area contributed by atoms with E-state index < -0.39 is 0 Å². The van der Waals surface area contributed by atoms with Gasteiger partial charge in [0.15, 0.2) is 11.7 Å². The molecule has 3 aromatic rings. The van der Waals surface area contributed by atoms with Crippen molar-refractivity contribution in [2.75, 3.05) is 38.2 Å². The molecule has 1 aromatic heterocycles. The van der Waals surface area contributed by atoms with Gasteiger partial charge in [-0.3, -0.25) is 14.9 Å². The summed E-state index contributed by atoms with van der Waals surface area (Å²) < 4.78 is 11.8. The summed E-state index contributed by atoms with van der Waals surface area (Å²) >= 11 is 1.43. The fraction of sp³-hybridized carbons (Fsp3) is 0.250. The van der Waals surface area contributed by atoms with Crippen molar-refractivity contribution in [2.45, 2.75) is 0 Å². The molecule has 0 atom stereocenters. The number of benzene rings is 2. The van der Waals surface area contributed by atoms with E-state index in [4.69, 9.17) is 9.47 Å². The first-order valence-corrected chi connectivity index (χ1v) is 9.76. The number of hydrogen-bond acceptors (Lipinski definition) is 6. The molecule has 1 aliphatic heterocycles. The Bertz CT molecular complexity index is 948. The van der Waals surface area contributed by atoms with E-state index in [0.29, 0.717) is 42.7 Å². The number of hydrogen-bond donors (Lipinski definition) is 1. The summed E-state index contributed by atoms with van der Waals surface area (Å²) in [6.45, 7) is 2.27. The maximum atomic E-state index is 12.4. The van der Waals surface area contributed by atoms with Crippen molar-refractivity contribution < 1.29 is 19.1 Å². The van der Waals surface area contributed by atoms with E-state index in [2.05, 4.69) is 10.3 Å². The first-order valence-electron chi connectivity index (χ1n) is 8.94. The second-order valence-electron chi connectivity index (χ2n) is 6.25. The fourth-order valence-corrected chi connectivity index (χ4v) is 3.71. The monoisotopic (exact) mass is 397 g/mol. The lowest BCUT2D eigenvalue weighted by atomic mass is 10.2. The molecule has 8 heteroatoms. The summed E-state index contributed by atoms with van der Waals surface area (Å²) in [6.07, 6.45) is 0. The molecule has 1 aliphatic rings. The summed E-state index contributed by atoms with van der Waals surface area (Å²) in [5.41, 5.74) is 1.35. The van der Waals surface area contributed by atoms with Gasteiger partial charge in [0, 0.05) is 18.7 Å². The highest BCUT2D eigenvalue weighted by Crippen LogP contribution is 2.26. The second kappa shape index (κ2) is 8.37. The summed E-state index contributed by atoms with van der Waals surface area (Å²) in [5, 5.41) is 3.37. The third-order valence-corrected chi connectivity index (χ3v) is 5.31. The maximum absolute atomic E-state index is 12.4. The highest BCUT2D eigenvalue weighted by Gasteiger charge is 2.17. The number of nitrogens with zero attached hydrogens (tertiary/aromatic N) is 2. The van der Waals surface area contributed by atoms with Crippen LogP contribution in [0.25, 0.3) is 10.2 Å². The van der Waals surface area contributed by atoms with Gasteiger partial charge in [-0.1, -0.05) is 23.5 Å². The van der Waals surface area contributed by atoms with Crippen LogP contribution in [0.1, 0.15) is 10.4 Å². The molecule has 0 bridgehead atoms. The Kier molecular flexibility index (Phi) is 5.50. The highest BCUT2D eigenvalue weighted by atomic mass is 32.1. The Balaban J connectivity index is 1.33. The standard InChI is InChI=1S/C20H19N3O4S/c24-18(23-9-11-26-12-10-23)13-27-15-7-5-14(6-8-15)19(25)22-20-21-16-3-1-2-4-17(16)28-20/h1-8H,9-13H2,(H,21,22,25). The predicted octanol–water partition coefficient (Wildman–Crippen LogP) is 2.79. The van der Waals surface area contributed by atoms with Crippen molar-refractivity contribution in [3.05, 3.63) is 54.1 Å². The summed E-state index contributed by atoms with van der Waals surface area (Å²) in [4.78, 5) is 30.6. The topological polar surface area (TPSA) is 80.8 Å². The number of thiazole rings is 1.